The van der Waals surface area contributed by atoms with Crippen LogP contribution in [0.4, 0.5) is 0 Å². The van der Waals surface area contributed by atoms with Crippen molar-refractivity contribution in [1.82, 2.24) is 19.1 Å². The number of rotatable bonds is 6. The summed E-state index contributed by atoms with van der Waals surface area (Å²) in [5.41, 5.74) is 14.1. The lowest BCUT2D eigenvalue weighted by Gasteiger charge is -2.15. The van der Waals surface area contributed by atoms with E-state index in [-0.39, 0.29) is 0 Å². The third-order valence-electron chi connectivity index (χ3n) is 10.9. The zero-order valence-electron chi connectivity index (χ0n) is 30.4. The van der Waals surface area contributed by atoms with Gasteiger partial charge in [0.2, 0.25) is 0 Å². The summed E-state index contributed by atoms with van der Waals surface area (Å²) < 4.78 is 4.78. The first-order valence-corrected chi connectivity index (χ1v) is 19.0. The van der Waals surface area contributed by atoms with Crippen LogP contribution in [-0.4, -0.2) is 19.1 Å². The summed E-state index contributed by atoms with van der Waals surface area (Å²) in [6.45, 7) is 0. The monoisotopic (exact) mass is 714 g/mol. The largest absolute Gasteiger partial charge is 0.309 e. The molecule has 0 saturated heterocycles. The van der Waals surface area contributed by atoms with Crippen molar-refractivity contribution in [2.75, 3.05) is 0 Å². The molecular formula is C52H34N4. The Hall–Kier alpha value is -7.56. The molecule has 0 fully saturated rings. The molecule has 0 saturated carbocycles. The van der Waals surface area contributed by atoms with Gasteiger partial charge in [0.25, 0.3) is 0 Å². The van der Waals surface area contributed by atoms with E-state index >= 15 is 0 Å². The maximum absolute atomic E-state index is 5.24. The molecule has 0 aliphatic heterocycles. The second-order valence-electron chi connectivity index (χ2n) is 14.2. The van der Waals surface area contributed by atoms with Gasteiger partial charge in [0.05, 0.1) is 39.1 Å². The van der Waals surface area contributed by atoms with Crippen LogP contribution in [-0.2, 0) is 0 Å². The number of hydrogen-bond donors (Lipinski definition) is 0. The minimum atomic E-state index is 0.700. The van der Waals surface area contributed by atoms with Crippen molar-refractivity contribution in [2.24, 2.45) is 0 Å². The number of hydrogen-bond acceptors (Lipinski definition) is 2. The van der Waals surface area contributed by atoms with E-state index in [1.807, 2.05) is 24.3 Å². The first kappa shape index (κ1) is 31.9. The van der Waals surface area contributed by atoms with E-state index in [1.165, 1.54) is 43.7 Å². The first-order valence-electron chi connectivity index (χ1n) is 19.0. The number of aromatic nitrogens is 4. The van der Waals surface area contributed by atoms with E-state index in [0.717, 1.165) is 50.5 Å². The first-order chi connectivity index (χ1) is 27.8. The lowest BCUT2D eigenvalue weighted by molar-refractivity contribution is 1.15. The van der Waals surface area contributed by atoms with Gasteiger partial charge in [0.1, 0.15) is 0 Å². The number of fused-ring (bicyclic) bond motifs is 6. The Morgan fingerprint density at radius 1 is 0.321 bits per heavy atom. The van der Waals surface area contributed by atoms with Crippen molar-refractivity contribution in [3.63, 3.8) is 0 Å². The fourth-order valence-electron chi connectivity index (χ4n) is 8.46. The molecule has 4 nitrogen and oxygen atoms in total. The van der Waals surface area contributed by atoms with Gasteiger partial charge in [-0.05, 0) is 65.7 Å². The minimum absolute atomic E-state index is 0.700. The molecule has 0 bridgehead atoms. The van der Waals surface area contributed by atoms with Gasteiger partial charge < -0.3 is 9.13 Å². The molecule has 56 heavy (non-hydrogen) atoms. The average molecular weight is 715 g/mol. The molecule has 0 aliphatic rings. The summed E-state index contributed by atoms with van der Waals surface area (Å²) in [7, 11) is 0. The van der Waals surface area contributed by atoms with Crippen molar-refractivity contribution < 1.29 is 0 Å². The van der Waals surface area contributed by atoms with Crippen LogP contribution in [0, 0.1) is 0 Å². The quantitative estimate of drug-likeness (QED) is 0.172. The zero-order chi connectivity index (χ0) is 37.0. The van der Waals surface area contributed by atoms with Crippen molar-refractivity contribution in [3.8, 4) is 56.4 Å². The lowest BCUT2D eigenvalue weighted by Crippen LogP contribution is -2.00. The Bertz CT molecular complexity index is 3170. The highest BCUT2D eigenvalue weighted by Crippen LogP contribution is 2.42. The third-order valence-corrected chi connectivity index (χ3v) is 10.9. The fourth-order valence-corrected chi connectivity index (χ4v) is 8.46. The molecule has 8 aromatic carbocycles. The average Bonchev–Trinajstić information content (AvgIpc) is 3.80. The van der Waals surface area contributed by atoms with E-state index in [0.29, 0.717) is 5.82 Å². The highest BCUT2D eigenvalue weighted by molar-refractivity contribution is 6.17. The molecule has 3 heterocycles. The highest BCUT2D eigenvalue weighted by atomic mass is 15.0. The molecule has 11 rings (SSSR count). The van der Waals surface area contributed by atoms with Crippen molar-refractivity contribution in [3.05, 3.63) is 206 Å². The predicted octanol–water partition coefficient (Wildman–Crippen LogP) is 13.3. The summed E-state index contributed by atoms with van der Waals surface area (Å²) in [4.78, 5) is 10.3. The fraction of sp³-hybridized carbons (Fsp3) is 0. The van der Waals surface area contributed by atoms with Gasteiger partial charge in [0, 0.05) is 43.9 Å². The summed E-state index contributed by atoms with van der Waals surface area (Å²) >= 11 is 0. The van der Waals surface area contributed by atoms with Crippen LogP contribution in [0.15, 0.2) is 206 Å². The Morgan fingerprint density at radius 3 is 1.68 bits per heavy atom. The second kappa shape index (κ2) is 13.1. The van der Waals surface area contributed by atoms with E-state index in [4.69, 9.17) is 9.97 Å². The Morgan fingerprint density at radius 2 is 0.893 bits per heavy atom. The molecule has 0 amide bonds. The van der Waals surface area contributed by atoms with E-state index in [9.17, 15) is 0 Å². The molecular weight excluding hydrogens is 681 g/mol. The molecule has 0 radical (unpaired) electrons. The maximum atomic E-state index is 5.24. The Kier molecular flexibility index (Phi) is 7.46. The minimum Gasteiger partial charge on any atom is -0.309 e. The van der Waals surface area contributed by atoms with Gasteiger partial charge in [-0.3, -0.25) is 0 Å². The normalized spacial score (nSPS) is 11.6. The molecule has 3 aromatic heterocycles. The van der Waals surface area contributed by atoms with Crippen LogP contribution < -0.4 is 0 Å². The summed E-state index contributed by atoms with van der Waals surface area (Å²) in [6.07, 6.45) is 0. The van der Waals surface area contributed by atoms with Crippen molar-refractivity contribution in [1.29, 1.82) is 0 Å². The molecule has 4 heteroatoms. The van der Waals surface area contributed by atoms with Crippen molar-refractivity contribution in [2.45, 2.75) is 0 Å². The van der Waals surface area contributed by atoms with E-state index < -0.39 is 0 Å². The van der Waals surface area contributed by atoms with Gasteiger partial charge in [0.15, 0.2) is 5.82 Å². The van der Waals surface area contributed by atoms with Crippen LogP contribution in [0.5, 0.6) is 0 Å². The molecule has 262 valence electrons. The molecule has 11 aromatic rings. The summed E-state index contributed by atoms with van der Waals surface area (Å²) in [5.74, 6) is 0.700. The number of para-hydroxylation sites is 4. The van der Waals surface area contributed by atoms with Gasteiger partial charge in [-0.15, -0.1) is 0 Å². The van der Waals surface area contributed by atoms with Crippen LogP contribution in [0.1, 0.15) is 0 Å². The van der Waals surface area contributed by atoms with Crippen LogP contribution in [0.3, 0.4) is 0 Å². The SMILES string of the molecule is c1ccc(-c2cc(-c3ccccc3-n3c4ccccc4c4cc(-c5cccc6c5c5ccccc5n6-c5ccccc5)ccc43)nc(-c3ccccc3)n2)cc1. The van der Waals surface area contributed by atoms with Crippen molar-refractivity contribution >= 4 is 43.6 Å². The van der Waals surface area contributed by atoms with Crippen LogP contribution in [0.25, 0.3) is 100 Å². The Labute approximate surface area is 324 Å². The third kappa shape index (κ3) is 5.15. The van der Waals surface area contributed by atoms with Crippen LogP contribution in [0.2, 0.25) is 0 Å². The Balaban J connectivity index is 1.13. The zero-order valence-corrected chi connectivity index (χ0v) is 30.4. The van der Waals surface area contributed by atoms with E-state index in [2.05, 4.69) is 191 Å². The number of benzene rings is 8. The lowest BCUT2D eigenvalue weighted by atomic mass is 9.98. The smallest absolute Gasteiger partial charge is 0.160 e. The molecule has 0 atom stereocenters. The molecule has 0 aliphatic carbocycles. The van der Waals surface area contributed by atoms with E-state index in [1.54, 1.807) is 0 Å². The standard InChI is InChI=1S/C52H34N4/c1-4-17-35(18-5-1)44-34-45(54-52(53-44)36-19-6-2-7-20-36)41-24-11-14-28-47(41)56-46-27-13-10-23-40(46)43-33-37(31-32-49(43)56)39-26-16-30-50-51(39)42-25-12-15-29-48(42)55(50)38-21-8-3-9-22-38/h1-34H. The maximum Gasteiger partial charge on any atom is 0.160 e. The molecule has 0 spiro atoms. The second-order valence-corrected chi connectivity index (χ2v) is 14.2. The van der Waals surface area contributed by atoms with Gasteiger partial charge >= 0.3 is 0 Å². The summed E-state index contributed by atoms with van der Waals surface area (Å²) in [5, 5.41) is 4.91. The molecule has 0 unspecified atom stereocenters. The van der Waals surface area contributed by atoms with Gasteiger partial charge in [-0.25, -0.2) is 9.97 Å². The van der Waals surface area contributed by atoms with Gasteiger partial charge in [-0.1, -0.05) is 152 Å². The van der Waals surface area contributed by atoms with Crippen LogP contribution >= 0.6 is 0 Å². The van der Waals surface area contributed by atoms with Gasteiger partial charge in [-0.2, -0.15) is 0 Å². The predicted molar refractivity (Wildman–Crippen MR) is 232 cm³/mol. The highest BCUT2D eigenvalue weighted by Gasteiger charge is 2.20. The summed E-state index contributed by atoms with van der Waals surface area (Å²) in [6, 6.07) is 73.2. The molecule has 0 N–H and O–H groups in total. The topological polar surface area (TPSA) is 35.6 Å². The number of nitrogens with zero attached hydrogens (tertiary/aromatic N) is 4.